The topological polar surface area (TPSA) is 55.8 Å². The van der Waals surface area contributed by atoms with E-state index in [0.717, 1.165) is 12.2 Å². The van der Waals surface area contributed by atoms with E-state index in [2.05, 4.69) is 6.07 Å². The van der Waals surface area contributed by atoms with E-state index in [-0.39, 0.29) is 0 Å². The first kappa shape index (κ1) is 19.2. The van der Waals surface area contributed by atoms with Crippen molar-refractivity contribution in [2.45, 2.75) is 29.4 Å². The first-order chi connectivity index (χ1) is 12.5. The number of nitrogens with zero attached hydrogens (tertiary/aromatic N) is 1. The molecular weight excluding hydrogens is 370 g/mol. The van der Waals surface area contributed by atoms with Crippen molar-refractivity contribution >= 4 is 21.4 Å². The Bertz CT molecular complexity index is 829. The Kier molecular flexibility index (Phi) is 5.89. The monoisotopic (exact) mass is 395 g/mol. The molecule has 5 nitrogen and oxygen atoms in total. The average Bonchev–Trinajstić information content (AvgIpc) is 3.32. The van der Waals surface area contributed by atoms with Crippen LogP contribution >= 0.6 is 11.3 Å². The number of thiophene rings is 1. The van der Waals surface area contributed by atoms with Gasteiger partial charge in [-0.2, -0.15) is 0 Å². The van der Waals surface area contributed by atoms with Crippen LogP contribution in [0.25, 0.3) is 0 Å². The van der Waals surface area contributed by atoms with Crippen LogP contribution in [0.15, 0.2) is 39.9 Å². The number of sulfonamides is 1. The lowest BCUT2D eigenvalue weighted by Crippen LogP contribution is -2.28. The molecule has 142 valence electrons. The summed E-state index contributed by atoms with van der Waals surface area (Å²) in [6, 6.07) is 9.44. The van der Waals surface area contributed by atoms with Crippen LogP contribution in [0, 0.1) is 5.92 Å². The maximum atomic E-state index is 12.6. The van der Waals surface area contributed by atoms with E-state index in [1.165, 1.54) is 34.0 Å². The van der Waals surface area contributed by atoms with Crippen LogP contribution in [0.1, 0.15) is 30.7 Å². The minimum Gasteiger partial charge on any atom is -0.493 e. The molecular formula is C19H25NO4S2. The molecule has 1 atom stereocenters. The largest absolute Gasteiger partial charge is 0.493 e. The molecule has 0 amide bonds. The Morgan fingerprint density at radius 3 is 2.50 bits per heavy atom. The van der Waals surface area contributed by atoms with Crippen molar-refractivity contribution in [1.82, 2.24) is 4.31 Å². The lowest BCUT2D eigenvalue weighted by molar-refractivity contribution is 0.353. The van der Waals surface area contributed by atoms with Crippen LogP contribution in [-0.2, 0) is 10.0 Å². The molecule has 1 aliphatic rings. The summed E-state index contributed by atoms with van der Waals surface area (Å²) < 4.78 is 37.8. The van der Waals surface area contributed by atoms with Crippen LogP contribution < -0.4 is 9.47 Å². The molecule has 0 saturated heterocycles. The van der Waals surface area contributed by atoms with Gasteiger partial charge in [0.2, 0.25) is 0 Å². The third-order valence-corrected chi connectivity index (χ3v) is 8.17. The van der Waals surface area contributed by atoms with Crippen LogP contribution in [0.3, 0.4) is 0 Å². The van der Waals surface area contributed by atoms with Gasteiger partial charge in [-0.1, -0.05) is 12.1 Å². The number of rotatable bonds is 9. The van der Waals surface area contributed by atoms with Gasteiger partial charge < -0.3 is 9.47 Å². The van der Waals surface area contributed by atoms with Gasteiger partial charge in [0.15, 0.2) is 11.5 Å². The number of hydrogen-bond donors (Lipinski definition) is 0. The molecule has 2 aromatic rings. The van der Waals surface area contributed by atoms with Gasteiger partial charge in [-0.15, -0.1) is 11.3 Å². The predicted octanol–water partition coefficient (Wildman–Crippen LogP) is 3.97. The molecule has 7 heteroatoms. The molecule has 1 heterocycles. The molecule has 1 saturated carbocycles. The quantitative estimate of drug-likeness (QED) is 0.645. The smallest absolute Gasteiger partial charge is 0.252 e. The minimum atomic E-state index is -3.40. The summed E-state index contributed by atoms with van der Waals surface area (Å²) in [5.74, 6) is 2.38. The van der Waals surface area contributed by atoms with E-state index in [1.807, 2.05) is 12.1 Å². The predicted molar refractivity (Wildman–Crippen MR) is 104 cm³/mol. The SMILES string of the molecule is COc1ccc(C(CCN(C)S(=O)(=O)c2cccs2)C2CC2)cc1OC. The van der Waals surface area contributed by atoms with Gasteiger partial charge in [0.05, 0.1) is 14.2 Å². The number of ether oxygens (including phenoxy) is 2. The van der Waals surface area contributed by atoms with Crippen LogP contribution in [-0.4, -0.2) is 40.5 Å². The molecule has 1 fully saturated rings. The van der Waals surface area contributed by atoms with Crippen molar-refractivity contribution in [3.63, 3.8) is 0 Å². The molecule has 0 aliphatic heterocycles. The summed E-state index contributed by atoms with van der Waals surface area (Å²) in [5, 5.41) is 1.79. The molecule has 1 unspecified atom stereocenters. The number of methoxy groups -OCH3 is 2. The van der Waals surface area contributed by atoms with Gasteiger partial charge in [0.1, 0.15) is 4.21 Å². The normalized spacial score (nSPS) is 15.8. The fraction of sp³-hybridized carbons (Fsp3) is 0.474. The Morgan fingerprint density at radius 2 is 1.92 bits per heavy atom. The maximum Gasteiger partial charge on any atom is 0.252 e. The van der Waals surface area contributed by atoms with Crippen molar-refractivity contribution in [3.05, 3.63) is 41.3 Å². The van der Waals surface area contributed by atoms with Crippen molar-refractivity contribution < 1.29 is 17.9 Å². The van der Waals surface area contributed by atoms with Crippen LogP contribution in [0.4, 0.5) is 0 Å². The van der Waals surface area contributed by atoms with Gasteiger partial charge in [-0.05, 0) is 60.2 Å². The van der Waals surface area contributed by atoms with Gasteiger partial charge in [0.25, 0.3) is 10.0 Å². The zero-order valence-electron chi connectivity index (χ0n) is 15.3. The van der Waals surface area contributed by atoms with Gasteiger partial charge >= 0.3 is 0 Å². The van der Waals surface area contributed by atoms with E-state index in [9.17, 15) is 8.42 Å². The second-order valence-corrected chi connectivity index (χ2v) is 9.83. The second kappa shape index (κ2) is 7.98. The highest BCUT2D eigenvalue weighted by atomic mass is 32.2. The first-order valence-electron chi connectivity index (χ1n) is 8.69. The molecule has 26 heavy (non-hydrogen) atoms. The third kappa shape index (κ3) is 4.05. The van der Waals surface area contributed by atoms with Crippen LogP contribution in [0.5, 0.6) is 11.5 Å². The number of benzene rings is 1. The molecule has 0 bridgehead atoms. The molecule has 0 radical (unpaired) electrons. The molecule has 0 N–H and O–H groups in total. The summed E-state index contributed by atoms with van der Waals surface area (Å²) in [6.07, 6.45) is 3.18. The summed E-state index contributed by atoms with van der Waals surface area (Å²) in [6.45, 7) is 0.496. The van der Waals surface area contributed by atoms with Gasteiger partial charge in [0, 0.05) is 13.6 Å². The second-order valence-electron chi connectivity index (χ2n) is 6.61. The highest BCUT2D eigenvalue weighted by Crippen LogP contribution is 2.46. The van der Waals surface area contributed by atoms with Gasteiger partial charge in [-0.25, -0.2) is 12.7 Å². The first-order valence-corrected chi connectivity index (χ1v) is 11.0. The summed E-state index contributed by atoms with van der Waals surface area (Å²) >= 11 is 1.26. The van der Waals surface area contributed by atoms with E-state index >= 15 is 0 Å². The fourth-order valence-electron chi connectivity index (χ4n) is 3.26. The zero-order valence-corrected chi connectivity index (χ0v) is 17.0. The summed E-state index contributed by atoms with van der Waals surface area (Å²) in [4.78, 5) is 0. The lowest BCUT2D eigenvalue weighted by Gasteiger charge is -2.22. The standard InChI is InChI=1S/C19H25NO4S2/c1-20(26(21,22)19-5-4-12-25-19)11-10-16(14-6-7-14)15-8-9-17(23-2)18(13-15)24-3/h4-5,8-9,12-14,16H,6-7,10-11H2,1-3H3. The Hall–Kier alpha value is -1.57. The Balaban J connectivity index is 1.74. The van der Waals surface area contributed by atoms with E-state index in [0.29, 0.717) is 28.3 Å². The highest BCUT2D eigenvalue weighted by molar-refractivity contribution is 7.91. The molecule has 1 aromatic heterocycles. The summed E-state index contributed by atoms with van der Waals surface area (Å²) in [5.41, 5.74) is 1.19. The van der Waals surface area contributed by atoms with Crippen molar-refractivity contribution in [3.8, 4) is 11.5 Å². The van der Waals surface area contributed by atoms with Crippen molar-refractivity contribution in [1.29, 1.82) is 0 Å². The van der Waals surface area contributed by atoms with E-state index < -0.39 is 10.0 Å². The van der Waals surface area contributed by atoms with Crippen molar-refractivity contribution in [2.24, 2.45) is 5.92 Å². The third-order valence-electron chi connectivity index (χ3n) is 4.94. The number of hydrogen-bond acceptors (Lipinski definition) is 5. The van der Waals surface area contributed by atoms with Crippen molar-refractivity contribution in [2.75, 3.05) is 27.8 Å². The Morgan fingerprint density at radius 1 is 1.19 bits per heavy atom. The molecule has 0 spiro atoms. The zero-order chi connectivity index (χ0) is 18.7. The Labute approximate surface area is 159 Å². The minimum absolute atomic E-state index is 0.329. The maximum absolute atomic E-state index is 12.6. The van der Waals surface area contributed by atoms with Crippen LogP contribution in [0.2, 0.25) is 0 Å². The van der Waals surface area contributed by atoms with Gasteiger partial charge in [-0.3, -0.25) is 0 Å². The summed E-state index contributed by atoms with van der Waals surface area (Å²) in [7, 11) is 1.52. The molecule has 1 aliphatic carbocycles. The van der Waals surface area contributed by atoms with E-state index in [1.54, 1.807) is 38.8 Å². The fourth-order valence-corrected chi connectivity index (χ4v) is 5.65. The highest BCUT2D eigenvalue weighted by Gasteiger charge is 2.33. The molecule has 3 rings (SSSR count). The average molecular weight is 396 g/mol. The molecule has 1 aromatic carbocycles. The van der Waals surface area contributed by atoms with E-state index in [4.69, 9.17) is 9.47 Å². The lowest BCUT2D eigenvalue weighted by atomic mass is 9.90.